The Hall–Kier alpha value is -4.28. The fraction of sp³-hybridized carbons (Fsp3) is 0.433. The van der Waals surface area contributed by atoms with Crippen molar-refractivity contribution in [2.45, 2.75) is 67.9 Å². The molecule has 2 fully saturated rings. The maximum Gasteiger partial charge on any atom is 0.252 e. The summed E-state index contributed by atoms with van der Waals surface area (Å²) in [7, 11) is 1.58. The van der Waals surface area contributed by atoms with Crippen LogP contribution in [0.1, 0.15) is 31.3 Å². The third kappa shape index (κ3) is 6.17. The van der Waals surface area contributed by atoms with E-state index in [0.29, 0.717) is 36.3 Å². The molecule has 5 N–H and O–H groups in total. The van der Waals surface area contributed by atoms with Gasteiger partial charge in [-0.1, -0.05) is 34.7 Å². The summed E-state index contributed by atoms with van der Waals surface area (Å²) >= 11 is 0. The van der Waals surface area contributed by atoms with Crippen LogP contribution in [0.3, 0.4) is 0 Å². The molecule has 1 saturated carbocycles. The Bertz CT molecular complexity index is 1630. The molecule has 1 saturated heterocycles. The van der Waals surface area contributed by atoms with Gasteiger partial charge in [-0.05, 0) is 43.5 Å². The van der Waals surface area contributed by atoms with Crippen molar-refractivity contribution in [3.05, 3.63) is 66.7 Å². The van der Waals surface area contributed by atoms with E-state index in [-0.39, 0.29) is 5.69 Å². The summed E-state index contributed by atoms with van der Waals surface area (Å²) in [6, 6.07) is 10.6. The number of rotatable bonds is 8. The fourth-order valence-electron chi connectivity index (χ4n) is 6.05. The predicted molar refractivity (Wildman–Crippen MR) is 155 cm³/mol. The summed E-state index contributed by atoms with van der Waals surface area (Å²) in [6.45, 7) is -0.643. The Labute approximate surface area is 257 Å². The fourth-order valence-corrected chi connectivity index (χ4v) is 6.05. The highest BCUT2D eigenvalue weighted by Crippen LogP contribution is 2.33. The summed E-state index contributed by atoms with van der Waals surface area (Å²) in [6.07, 6.45) is -1.99. The van der Waals surface area contributed by atoms with E-state index in [1.165, 1.54) is 29.1 Å². The second-order valence-corrected chi connectivity index (χ2v) is 11.3. The van der Waals surface area contributed by atoms with Crippen LogP contribution >= 0.6 is 0 Å². The van der Waals surface area contributed by atoms with Crippen LogP contribution in [0.15, 0.2) is 60.9 Å². The van der Waals surface area contributed by atoms with Gasteiger partial charge in [0.15, 0.2) is 6.10 Å². The molecule has 8 atom stereocenters. The normalized spacial score (nSPS) is 28.5. The first-order valence-electron chi connectivity index (χ1n) is 14.6. The molecule has 0 spiro atoms. The number of halogens is 1. The van der Waals surface area contributed by atoms with Gasteiger partial charge in [0.2, 0.25) is 0 Å². The van der Waals surface area contributed by atoms with Crippen LogP contribution in [-0.4, -0.2) is 107 Å². The van der Waals surface area contributed by atoms with Crippen molar-refractivity contribution < 1.29 is 39.1 Å². The minimum atomic E-state index is -1.61. The first-order chi connectivity index (χ1) is 21.8. The van der Waals surface area contributed by atoms with Crippen molar-refractivity contribution in [3.8, 4) is 28.3 Å². The monoisotopic (exact) mass is 623 g/mol. The average Bonchev–Trinajstić information content (AvgIpc) is 3.73. The van der Waals surface area contributed by atoms with Gasteiger partial charge in [-0.3, -0.25) is 4.79 Å². The van der Waals surface area contributed by atoms with Crippen LogP contribution in [0, 0.1) is 5.82 Å². The molecule has 4 aromatic rings. The lowest BCUT2D eigenvalue weighted by Crippen LogP contribution is -2.62. The first-order valence-corrected chi connectivity index (χ1v) is 14.6. The van der Waals surface area contributed by atoms with E-state index in [9.17, 15) is 29.6 Å². The molecule has 45 heavy (non-hydrogen) atoms. The minimum Gasteiger partial charge on any atom is -0.497 e. The summed E-state index contributed by atoms with van der Waals surface area (Å²) in [5, 5.41) is 62.7. The lowest BCUT2D eigenvalue weighted by Gasteiger charge is -2.42. The molecule has 2 aromatic carbocycles. The molecule has 0 unspecified atom stereocenters. The van der Waals surface area contributed by atoms with E-state index in [4.69, 9.17) is 9.47 Å². The van der Waals surface area contributed by atoms with E-state index in [1.807, 2.05) is 24.3 Å². The van der Waals surface area contributed by atoms with Gasteiger partial charge >= 0.3 is 0 Å². The maximum absolute atomic E-state index is 13.8. The van der Waals surface area contributed by atoms with Crippen molar-refractivity contribution in [2.24, 2.45) is 0 Å². The molecule has 2 aromatic heterocycles. The maximum atomic E-state index is 13.8. The zero-order chi connectivity index (χ0) is 31.7. The zero-order valence-electron chi connectivity index (χ0n) is 24.3. The molecule has 0 radical (unpaired) electrons. The van der Waals surface area contributed by atoms with Gasteiger partial charge in [0.1, 0.15) is 47.3 Å². The van der Waals surface area contributed by atoms with Crippen molar-refractivity contribution >= 4 is 5.91 Å². The Morgan fingerprint density at radius 2 is 1.67 bits per heavy atom. The number of nitrogens with one attached hydrogen (secondary N) is 1. The van der Waals surface area contributed by atoms with Gasteiger partial charge in [-0.25, -0.2) is 13.8 Å². The van der Waals surface area contributed by atoms with E-state index in [1.54, 1.807) is 24.1 Å². The number of amides is 1. The van der Waals surface area contributed by atoms with Gasteiger partial charge in [0.25, 0.3) is 5.91 Å². The van der Waals surface area contributed by atoms with Gasteiger partial charge in [-0.2, -0.15) is 0 Å². The van der Waals surface area contributed by atoms with E-state index < -0.39 is 67.0 Å². The number of aromatic nitrogens is 6. The van der Waals surface area contributed by atoms with Crippen molar-refractivity contribution in [1.82, 2.24) is 35.3 Å². The van der Waals surface area contributed by atoms with Gasteiger partial charge in [-0.15, -0.1) is 10.2 Å². The van der Waals surface area contributed by atoms with Crippen LogP contribution in [0.25, 0.3) is 22.5 Å². The van der Waals surface area contributed by atoms with Crippen LogP contribution in [0.5, 0.6) is 5.75 Å². The third-order valence-corrected chi connectivity index (χ3v) is 8.45. The van der Waals surface area contributed by atoms with E-state index in [0.717, 1.165) is 5.56 Å². The number of carbonyl (C=O) groups excluding carboxylic acids is 1. The van der Waals surface area contributed by atoms with Gasteiger partial charge in [0, 0.05) is 11.1 Å². The Balaban J connectivity index is 1.17. The Morgan fingerprint density at radius 3 is 2.38 bits per heavy atom. The molecule has 6 rings (SSSR count). The predicted octanol–water partition coefficient (Wildman–Crippen LogP) is 0.645. The molecule has 1 aliphatic carbocycles. The topological polar surface area (TPSA) is 190 Å². The van der Waals surface area contributed by atoms with E-state index >= 15 is 0 Å². The minimum absolute atomic E-state index is 0.279. The lowest BCUT2D eigenvalue weighted by atomic mass is 9.87. The quantitative estimate of drug-likeness (QED) is 0.185. The van der Waals surface area contributed by atoms with Crippen molar-refractivity contribution in [3.63, 3.8) is 0 Å². The summed E-state index contributed by atoms with van der Waals surface area (Å²) in [4.78, 5) is 13.5. The van der Waals surface area contributed by atoms with Crippen molar-refractivity contribution in [1.29, 1.82) is 0 Å². The molecule has 2 aliphatic rings. The third-order valence-electron chi connectivity index (χ3n) is 8.45. The number of methoxy groups -OCH3 is 1. The Kier molecular flexibility index (Phi) is 8.87. The first kappa shape index (κ1) is 30.7. The standard InChI is InChI=1S/C30H34FN7O7/c1-44-19-8-3-6-17(12-19)21-13-37(35-33-21)23-10-4-9-20(26(23)40)32-30(43)29-28(42)25(27(41)24(15-39)45-29)38-14-22(34-36-38)16-5-2-7-18(31)11-16/h2-3,5-8,11-14,20,23-29,39-42H,4,9-10,15H2,1H3,(H,32,43)/t20-,23+,24+,25-,26+,27-,28+,29+/m0/s1. The number of hydrogen-bond acceptors (Lipinski definition) is 11. The average molecular weight is 624 g/mol. The van der Waals surface area contributed by atoms with Crippen LogP contribution in [0.4, 0.5) is 4.39 Å². The van der Waals surface area contributed by atoms with Crippen LogP contribution in [-0.2, 0) is 9.53 Å². The number of nitrogens with zero attached hydrogens (tertiary/aromatic N) is 6. The summed E-state index contributed by atoms with van der Waals surface area (Å²) in [5.74, 6) is -0.536. The van der Waals surface area contributed by atoms with Gasteiger partial charge in [0.05, 0.1) is 44.3 Å². The number of carbonyl (C=O) groups is 1. The van der Waals surface area contributed by atoms with Crippen molar-refractivity contribution in [2.75, 3.05) is 13.7 Å². The van der Waals surface area contributed by atoms with Crippen LogP contribution < -0.4 is 10.1 Å². The number of aliphatic hydroxyl groups excluding tert-OH is 4. The highest BCUT2D eigenvalue weighted by atomic mass is 19.1. The largest absolute Gasteiger partial charge is 0.497 e. The summed E-state index contributed by atoms with van der Waals surface area (Å²) < 4.78 is 27.5. The molecular formula is C30H34FN7O7. The molecule has 1 amide bonds. The second-order valence-electron chi connectivity index (χ2n) is 11.3. The number of benzene rings is 2. The number of ether oxygens (including phenoxy) is 2. The molecular weight excluding hydrogens is 589 g/mol. The Morgan fingerprint density at radius 1 is 0.978 bits per heavy atom. The number of hydrogen-bond donors (Lipinski definition) is 5. The van der Waals surface area contributed by atoms with Crippen LogP contribution in [0.2, 0.25) is 0 Å². The second kappa shape index (κ2) is 13.0. The molecule has 0 bridgehead atoms. The van der Waals surface area contributed by atoms with Gasteiger partial charge < -0.3 is 35.2 Å². The molecule has 238 valence electrons. The molecule has 1 aliphatic heterocycles. The zero-order valence-corrected chi connectivity index (χ0v) is 24.3. The molecule has 14 nitrogen and oxygen atoms in total. The lowest BCUT2D eigenvalue weighted by molar-refractivity contribution is -0.207. The molecule has 15 heteroatoms. The highest BCUT2D eigenvalue weighted by Gasteiger charge is 2.49. The molecule has 3 heterocycles. The smallest absolute Gasteiger partial charge is 0.252 e. The SMILES string of the molecule is COc1cccc(-c2cn([C@@H]3CCC[C@H](NC(=O)[C@@H]4O[C@H](CO)[C@H](O)[C@H](n5cc(-c6cccc(F)c6)nn5)[C@H]4O)[C@H]3O)nn2)c1. The van der Waals surface area contributed by atoms with E-state index in [2.05, 4.69) is 25.9 Å². The highest BCUT2D eigenvalue weighted by molar-refractivity contribution is 5.82. The summed E-state index contributed by atoms with van der Waals surface area (Å²) in [5.41, 5.74) is 2.10. The number of aliphatic hydroxyl groups is 4.